The van der Waals surface area contributed by atoms with E-state index >= 15 is 0 Å². The summed E-state index contributed by atoms with van der Waals surface area (Å²) in [6, 6.07) is 1.55. The molecule has 0 radical (unpaired) electrons. The van der Waals surface area contributed by atoms with Gasteiger partial charge in [0, 0.05) is 33.1 Å². The number of unbranched alkanes of at least 4 members (excludes halogenated alkanes) is 2. The van der Waals surface area contributed by atoms with Gasteiger partial charge in [-0.2, -0.15) is 5.10 Å². The van der Waals surface area contributed by atoms with Crippen molar-refractivity contribution in [3.8, 4) is 0 Å². The van der Waals surface area contributed by atoms with Crippen LogP contribution in [0.15, 0.2) is 17.1 Å². The highest BCUT2D eigenvalue weighted by Gasteiger charge is 2.02. The van der Waals surface area contributed by atoms with E-state index in [1.807, 2.05) is 19.0 Å². The fourth-order valence-electron chi connectivity index (χ4n) is 1.55. The van der Waals surface area contributed by atoms with Crippen LogP contribution in [0.4, 0.5) is 5.69 Å². The highest BCUT2D eigenvalue weighted by Crippen LogP contribution is 2.05. The van der Waals surface area contributed by atoms with Crippen molar-refractivity contribution in [1.29, 1.82) is 0 Å². The summed E-state index contributed by atoms with van der Waals surface area (Å²) in [4.78, 5) is 23.8. The largest absolute Gasteiger partial charge is 0.481 e. The van der Waals surface area contributed by atoms with Gasteiger partial charge in [-0.25, -0.2) is 4.68 Å². The van der Waals surface area contributed by atoms with Crippen LogP contribution < -0.4 is 10.5 Å². The Morgan fingerprint density at radius 1 is 1.39 bits per heavy atom. The average Bonchev–Trinajstić information content (AvgIpc) is 2.29. The van der Waals surface area contributed by atoms with Crippen molar-refractivity contribution in [3.05, 3.63) is 22.6 Å². The van der Waals surface area contributed by atoms with Gasteiger partial charge in [-0.1, -0.05) is 6.42 Å². The lowest BCUT2D eigenvalue weighted by molar-refractivity contribution is -0.137. The second kappa shape index (κ2) is 6.78. The summed E-state index contributed by atoms with van der Waals surface area (Å²) in [6.07, 6.45) is 4.03. The van der Waals surface area contributed by atoms with E-state index in [1.54, 1.807) is 12.3 Å². The Morgan fingerprint density at radius 2 is 2.11 bits per heavy atom. The number of rotatable bonds is 7. The van der Waals surface area contributed by atoms with Crippen molar-refractivity contribution in [3.63, 3.8) is 0 Å². The first kappa shape index (κ1) is 14.2. The van der Waals surface area contributed by atoms with E-state index < -0.39 is 5.97 Å². The third kappa shape index (κ3) is 4.57. The quantitative estimate of drug-likeness (QED) is 0.732. The van der Waals surface area contributed by atoms with Gasteiger partial charge in [-0.3, -0.25) is 9.59 Å². The summed E-state index contributed by atoms with van der Waals surface area (Å²) >= 11 is 0. The molecule has 1 aromatic rings. The van der Waals surface area contributed by atoms with Crippen molar-refractivity contribution in [2.24, 2.45) is 0 Å². The highest BCUT2D eigenvalue weighted by molar-refractivity contribution is 5.66. The van der Waals surface area contributed by atoms with E-state index in [0.29, 0.717) is 13.0 Å². The predicted molar refractivity (Wildman–Crippen MR) is 68.9 cm³/mol. The summed E-state index contributed by atoms with van der Waals surface area (Å²) in [5, 5.41) is 12.6. The van der Waals surface area contributed by atoms with Gasteiger partial charge in [0.2, 0.25) is 0 Å². The number of aromatic nitrogens is 2. The van der Waals surface area contributed by atoms with Crippen LogP contribution >= 0.6 is 0 Å². The van der Waals surface area contributed by atoms with Gasteiger partial charge in [0.1, 0.15) is 0 Å². The van der Waals surface area contributed by atoms with Crippen LogP contribution in [-0.4, -0.2) is 35.0 Å². The Balaban J connectivity index is 2.43. The van der Waals surface area contributed by atoms with Crippen LogP contribution in [-0.2, 0) is 11.3 Å². The van der Waals surface area contributed by atoms with E-state index in [0.717, 1.165) is 18.5 Å². The molecule has 0 amide bonds. The lowest BCUT2D eigenvalue weighted by Crippen LogP contribution is -2.24. The summed E-state index contributed by atoms with van der Waals surface area (Å²) < 4.78 is 1.41. The highest BCUT2D eigenvalue weighted by atomic mass is 16.4. The van der Waals surface area contributed by atoms with Crippen molar-refractivity contribution in [1.82, 2.24) is 9.78 Å². The van der Waals surface area contributed by atoms with Crippen molar-refractivity contribution < 1.29 is 9.90 Å². The minimum atomic E-state index is -0.777. The smallest absolute Gasteiger partial charge is 0.303 e. The van der Waals surface area contributed by atoms with Crippen molar-refractivity contribution >= 4 is 11.7 Å². The molecule has 0 aliphatic heterocycles. The molecule has 0 aliphatic carbocycles. The Morgan fingerprint density at radius 3 is 2.67 bits per heavy atom. The molecule has 0 aromatic carbocycles. The Bertz CT molecular complexity index is 454. The number of aliphatic carboxylic acids is 1. The third-order valence-electron chi connectivity index (χ3n) is 2.63. The molecule has 100 valence electrons. The molecular weight excluding hydrogens is 234 g/mol. The van der Waals surface area contributed by atoms with Crippen LogP contribution in [0.25, 0.3) is 0 Å². The molecule has 6 heteroatoms. The lowest BCUT2D eigenvalue weighted by Gasteiger charge is -2.12. The zero-order valence-corrected chi connectivity index (χ0v) is 10.8. The minimum absolute atomic E-state index is 0.126. The minimum Gasteiger partial charge on any atom is -0.481 e. The second-order valence-electron chi connectivity index (χ2n) is 4.37. The van der Waals surface area contributed by atoms with Gasteiger partial charge in [0.25, 0.3) is 5.56 Å². The van der Waals surface area contributed by atoms with Gasteiger partial charge in [-0.15, -0.1) is 0 Å². The standard InChI is InChI=1S/C12H19N3O3/c1-14(2)10-8-11(16)15(13-9-10)7-5-3-4-6-12(17)18/h8-9H,3-7H2,1-2H3,(H,17,18). The number of carboxylic acids is 1. The number of hydrogen-bond acceptors (Lipinski definition) is 4. The SMILES string of the molecule is CN(C)c1cnn(CCCCCC(=O)O)c(=O)c1. The maximum Gasteiger partial charge on any atom is 0.303 e. The summed E-state index contributed by atoms with van der Waals surface area (Å²) in [5.41, 5.74) is 0.654. The van der Waals surface area contributed by atoms with Crippen LogP contribution in [0.5, 0.6) is 0 Å². The summed E-state index contributed by atoms with van der Waals surface area (Å²) in [5.74, 6) is -0.777. The van der Waals surface area contributed by atoms with E-state index in [9.17, 15) is 9.59 Å². The van der Waals surface area contributed by atoms with E-state index in [2.05, 4.69) is 5.10 Å². The number of aryl methyl sites for hydroxylation is 1. The number of anilines is 1. The number of nitrogens with zero attached hydrogens (tertiary/aromatic N) is 3. The predicted octanol–water partition coefficient (Wildman–Crippen LogP) is 0.954. The van der Waals surface area contributed by atoms with Crippen molar-refractivity contribution in [2.75, 3.05) is 19.0 Å². The molecular formula is C12H19N3O3. The molecule has 1 rings (SSSR count). The molecule has 0 unspecified atom stereocenters. The average molecular weight is 253 g/mol. The zero-order chi connectivity index (χ0) is 13.5. The molecule has 0 spiro atoms. The molecule has 18 heavy (non-hydrogen) atoms. The number of carbonyl (C=O) groups is 1. The van der Waals surface area contributed by atoms with E-state index in [4.69, 9.17) is 5.11 Å². The first-order chi connectivity index (χ1) is 8.50. The molecule has 0 aliphatic rings. The molecule has 6 nitrogen and oxygen atoms in total. The Labute approximate surface area is 106 Å². The van der Waals surface area contributed by atoms with Crippen LogP contribution in [0.2, 0.25) is 0 Å². The second-order valence-corrected chi connectivity index (χ2v) is 4.37. The molecule has 1 N–H and O–H groups in total. The fourth-order valence-corrected chi connectivity index (χ4v) is 1.55. The van der Waals surface area contributed by atoms with Crippen molar-refractivity contribution in [2.45, 2.75) is 32.2 Å². The van der Waals surface area contributed by atoms with E-state index in [1.165, 1.54) is 4.68 Å². The molecule has 0 bridgehead atoms. The van der Waals surface area contributed by atoms with Gasteiger partial charge in [0.15, 0.2) is 0 Å². The van der Waals surface area contributed by atoms with Gasteiger partial charge >= 0.3 is 5.97 Å². The Kier molecular flexibility index (Phi) is 5.35. The maximum absolute atomic E-state index is 11.7. The molecule has 0 saturated carbocycles. The maximum atomic E-state index is 11.7. The number of carboxylic acid groups (broad SMARTS) is 1. The normalized spacial score (nSPS) is 10.3. The fraction of sp³-hybridized carbons (Fsp3) is 0.583. The van der Waals surface area contributed by atoms with Gasteiger partial charge < -0.3 is 10.0 Å². The van der Waals surface area contributed by atoms with Gasteiger partial charge in [-0.05, 0) is 12.8 Å². The first-order valence-electron chi connectivity index (χ1n) is 5.97. The number of hydrogen-bond donors (Lipinski definition) is 1. The van der Waals surface area contributed by atoms with Crippen LogP contribution in [0.1, 0.15) is 25.7 Å². The van der Waals surface area contributed by atoms with Crippen LogP contribution in [0, 0.1) is 0 Å². The van der Waals surface area contributed by atoms with Gasteiger partial charge in [0.05, 0.1) is 11.9 Å². The van der Waals surface area contributed by atoms with Crippen LogP contribution in [0.3, 0.4) is 0 Å². The zero-order valence-electron chi connectivity index (χ0n) is 10.8. The molecule has 1 heterocycles. The Hall–Kier alpha value is -1.85. The summed E-state index contributed by atoms with van der Waals surface area (Å²) in [6.45, 7) is 0.534. The van der Waals surface area contributed by atoms with E-state index in [-0.39, 0.29) is 12.0 Å². The topological polar surface area (TPSA) is 75.4 Å². The molecule has 0 atom stereocenters. The molecule has 0 saturated heterocycles. The summed E-state index contributed by atoms with van der Waals surface area (Å²) in [7, 11) is 3.71. The molecule has 1 aromatic heterocycles. The lowest BCUT2D eigenvalue weighted by atomic mass is 10.2. The monoisotopic (exact) mass is 253 g/mol. The third-order valence-corrected chi connectivity index (χ3v) is 2.63. The molecule has 0 fully saturated rings. The first-order valence-corrected chi connectivity index (χ1v) is 5.97.